The van der Waals surface area contributed by atoms with Gasteiger partial charge in [-0.2, -0.15) is 26.3 Å². The van der Waals surface area contributed by atoms with E-state index < -0.39 is 35.3 Å². The number of hydrogen-bond donors (Lipinski definition) is 1. The Balaban J connectivity index is 0.00000289. The highest BCUT2D eigenvalue weighted by Gasteiger charge is 2.39. The number of halogens is 8. The van der Waals surface area contributed by atoms with Crippen LogP contribution in [-0.4, -0.2) is 6.18 Å². The van der Waals surface area contributed by atoms with E-state index in [0.29, 0.717) is 6.07 Å². The first-order valence-electron chi connectivity index (χ1n) is 4.22. The summed E-state index contributed by atoms with van der Waals surface area (Å²) >= 11 is 0. The van der Waals surface area contributed by atoms with Gasteiger partial charge in [0.1, 0.15) is 11.9 Å². The lowest BCUT2D eigenvalue weighted by Crippen LogP contribution is -2.28. The Kier molecular flexibility index (Phi) is 5.01. The lowest BCUT2D eigenvalue weighted by Gasteiger charge is -2.17. The van der Waals surface area contributed by atoms with Gasteiger partial charge in [-0.3, -0.25) is 0 Å². The Hall–Kier alpha value is -1.02. The molecule has 0 radical (unpaired) electrons. The van der Waals surface area contributed by atoms with Gasteiger partial charge in [0.05, 0.1) is 5.56 Å². The summed E-state index contributed by atoms with van der Waals surface area (Å²) in [7, 11) is 0. The van der Waals surface area contributed by atoms with Crippen molar-refractivity contribution in [2.45, 2.75) is 18.4 Å². The van der Waals surface area contributed by atoms with E-state index in [1.54, 1.807) is 0 Å². The Labute approximate surface area is 103 Å². The van der Waals surface area contributed by atoms with Gasteiger partial charge in [-0.25, -0.2) is 4.39 Å². The van der Waals surface area contributed by atoms with Gasteiger partial charge in [-0.15, -0.1) is 12.4 Å². The molecule has 0 aliphatic carbocycles. The zero-order chi connectivity index (χ0) is 13.4. The fraction of sp³-hybridized carbons (Fsp3) is 0.333. The van der Waals surface area contributed by atoms with Gasteiger partial charge in [0, 0.05) is 0 Å². The van der Waals surface area contributed by atoms with Crippen LogP contribution in [0.15, 0.2) is 18.2 Å². The predicted octanol–water partition coefficient (Wildman–Crippen LogP) is 3.83. The molecule has 1 rings (SSSR count). The van der Waals surface area contributed by atoms with Gasteiger partial charge < -0.3 is 5.73 Å². The third kappa shape index (κ3) is 3.74. The van der Waals surface area contributed by atoms with Gasteiger partial charge in [-0.05, 0) is 17.7 Å². The standard InChI is InChI=1S/C9H6F7N.ClH/c10-6-3-4(7(17)9(14,15)16)1-2-5(6)8(11,12)13;/h1-3,7H,17H2;1H/t7-;/m1./s1. The van der Waals surface area contributed by atoms with Gasteiger partial charge >= 0.3 is 12.4 Å². The molecule has 2 N–H and O–H groups in total. The fourth-order valence-electron chi connectivity index (χ4n) is 1.14. The number of alkyl halides is 6. The van der Waals surface area contributed by atoms with E-state index in [0.717, 1.165) is 0 Å². The molecular weight excluding hydrogens is 291 g/mol. The number of hydrogen-bond acceptors (Lipinski definition) is 1. The van der Waals surface area contributed by atoms with E-state index in [1.165, 1.54) is 0 Å². The summed E-state index contributed by atoms with van der Waals surface area (Å²) < 4.78 is 85.7. The van der Waals surface area contributed by atoms with Crippen molar-refractivity contribution in [1.82, 2.24) is 0 Å². The average molecular weight is 298 g/mol. The molecule has 0 aromatic heterocycles. The second-order valence-electron chi connectivity index (χ2n) is 3.26. The molecule has 0 aliphatic heterocycles. The van der Waals surface area contributed by atoms with Crippen LogP contribution in [0.5, 0.6) is 0 Å². The SMILES string of the molecule is Cl.N[C@H](c1ccc(C(F)(F)F)c(F)c1)C(F)(F)F. The molecule has 0 saturated carbocycles. The Morgan fingerprint density at radius 3 is 1.83 bits per heavy atom. The van der Waals surface area contributed by atoms with Crippen molar-refractivity contribution in [3.05, 3.63) is 35.1 Å². The summed E-state index contributed by atoms with van der Waals surface area (Å²) in [4.78, 5) is 0. The molecule has 1 atom stereocenters. The normalized spacial score (nSPS) is 14.0. The molecule has 104 valence electrons. The van der Waals surface area contributed by atoms with E-state index in [1.807, 2.05) is 0 Å². The van der Waals surface area contributed by atoms with Crippen molar-refractivity contribution in [3.63, 3.8) is 0 Å². The maximum atomic E-state index is 13.0. The molecule has 1 nitrogen and oxygen atoms in total. The molecule has 0 unspecified atom stereocenters. The molecule has 1 aromatic rings. The zero-order valence-corrected chi connectivity index (χ0v) is 9.26. The first kappa shape index (κ1) is 17.0. The lowest BCUT2D eigenvalue weighted by atomic mass is 10.0. The van der Waals surface area contributed by atoms with Crippen LogP contribution in [0.1, 0.15) is 17.2 Å². The highest BCUT2D eigenvalue weighted by Crippen LogP contribution is 2.35. The van der Waals surface area contributed by atoms with Crippen molar-refractivity contribution >= 4 is 12.4 Å². The topological polar surface area (TPSA) is 26.0 Å². The first-order chi connectivity index (χ1) is 7.53. The Morgan fingerprint density at radius 2 is 1.50 bits per heavy atom. The monoisotopic (exact) mass is 297 g/mol. The number of benzene rings is 1. The van der Waals surface area contributed by atoms with E-state index in [9.17, 15) is 30.7 Å². The summed E-state index contributed by atoms with van der Waals surface area (Å²) in [5.74, 6) is -1.78. The minimum Gasteiger partial charge on any atom is -0.316 e. The summed E-state index contributed by atoms with van der Waals surface area (Å²) in [6, 6.07) is -1.64. The smallest absolute Gasteiger partial charge is 0.316 e. The predicted molar refractivity (Wildman–Crippen MR) is 51.6 cm³/mol. The molecule has 0 aliphatic rings. The maximum absolute atomic E-state index is 13.0. The lowest BCUT2D eigenvalue weighted by molar-refractivity contribution is -0.149. The number of nitrogens with two attached hydrogens (primary N) is 1. The van der Waals surface area contributed by atoms with Gasteiger partial charge in [-0.1, -0.05) is 6.07 Å². The van der Waals surface area contributed by atoms with Crippen LogP contribution in [0.4, 0.5) is 30.7 Å². The van der Waals surface area contributed by atoms with Crippen LogP contribution in [0.3, 0.4) is 0 Å². The molecule has 0 fully saturated rings. The summed E-state index contributed by atoms with van der Waals surface area (Å²) in [5, 5.41) is 0. The van der Waals surface area contributed by atoms with Crippen LogP contribution >= 0.6 is 12.4 Å². The summed E-state index contributed by atoms with van der Waals surface area (Å²) in [6.45, 7) is 0. The van der Waals surface area contributed by atoms with E-state index in [2.05, 4.69) is 0 Å². The second-order valence-corrected chi connectivity index (χ2v) is 3.26. The molecule has 0 heterocycles. The van der Waals surface area contributed by atoms with Crippen LogP contribution in [0, 0.1) is 5.82 Å². The quantitative estimate of drug-likeness (QED) is 0.783. The van der Waals surface area contributed by atoms with Crippen molar-refractivity contribution in [1.29, 1.82) is 0 Å². The molecule has 0 saturated heterocycles. The van der Waals surface area contributed by atoms with E-state index in [4.69, 9.17) is 5.73 Å². The minimum atomic E-state index is -4.95. The molecule has 0 amide bonds. The minimum absolute atomic E-state index is 0. The third-order valence-electron chi connectivity index (χ3n) is 2.01. The highest BCUT2D eigenvalue weighted by atomic mass is 35.5. The van der Waals surface area contributed by atoms with E-state index >= 15 is 0 Å². The first-order valence-corrected chi connectivity index (χ1v) is 4.22. The fourth-order valence-corrected chi connectivity index (χ4v) is 1.14. The molecule has 1 aromatic carbocycles. The third-order valence-corrected chi connectivity index (χ3v) is 2.01. The largest absolute Gasteiger partial charge is 0.419 e. The average Bonchev–Trinajstić information content (AvgIpc) is 2.12. The van der Waals surface area contributed by atoms with Gasteiger partial charge in [0.15, 0.2) is 0 Å². The number of rotatable bonds is 1. The molecular formula is C9H7ClF7N. The van der Waals surface area contributed by atoms with Crippen molar-refractivity contribution < 1.29 is 30.7 Å². The van der Waals surface area contributed by atoms with Crippen molar-refractivity contribution in [3.8, 4) is 0 Å². The van der Waals surface area contributed by atoms with Crippen molar-refractivity contribution in [2.75, 3.05) is 0 Å². The maximum Gasteiger partial charge on any atom is 0.419 e. The Morgan fingerprint density at radius 1 is 1.00 bits per heavy atom. The van der Waals surface area contributed by atoms with Gasteiger partial charge in [0.25, 0.3) is 0 Å². The Bertz CT molecular complexity index is 412. The van der Waals surface area contributed by atoms with Crippen LogP contribution < -0.4 is 5.73 Å². The highest BCUT2D eigenvalue weighted by molar-refractivity contribution is 5.85. The second kappa shape index (κ2) is 5.31. The van der Waals surface area contributed by atoms with E-state index in [-0.39, 0.29) is 24.5 Å². The molecule has 18 heavy (non-hydrogen) atoms. The van der Waals surface area contributed by atoms with Crippen LogP contribution in [-0.2, 0) is 6.18 Å². The van der Waals surface area contributed by atoms with Crippen LogP contribution in [0.25, 0.3) is 0 Å². The molecule has 9 heteroatoms. The molecule has 0 spiro atoms. The zero-order valence-electron chi connectivity index (χ0n) is 8.44. The van der Waals surface area contributed by atoms with Gasteiger partial charge in [0.2, 0.25) is 0 Å². The van der Waals surface area contributed by atoms with Crippen LogP contribution in [0.2, 0.25) is 0 Å². The summed E-state index contributed by atoms with van der Waals surface area (Å²) in [5.41, 5.74) is 2.34. The van der Waals surface area contributed by atoms with Crippen molar-refractivity contribution in [2.24, 2.45) is 5.73 Å². The molecule has 0 bridgehead atoms. The summed E-state index contributed by atoms with van der Waals surface area (Å²) in [6.07, 6.45) is -9.79.